The van der Waals surface area contributed by atoms with Gasteiger partial charge in [0.05, 0.1) is 22.8 Å². The molecule has 1 aliphatic heterocycles. The van der Waals surface area contributed by atoms with Crippen molar-refractivity contribution in [1.82, 2.24) is 13.9 Å². The lowest BCUT2D eigenvalue weighted by Gasteiger charge is -2.31. The van der Waals surface area contributed by atoms with Crippen LogP contribution in [0.3, 0.4) is 0 Å². The standard InChI is InChI=1S/C22H29N3O6S2/c1-24(2)32(27,28)20-10-12-21(13-11-20)33(29,30)25-14-4-5-18(16-25)22(26)23-15-17-6-8-19(31-3)9-7-17/h6-13,18H,4-5,14-16H2,1-3H3,(H,23,26)/t18-/m1/s1. The van der Waals surface area contributed by atoms with Gasteiger partial charge in [0, 0.05) is 33.7 Å². The van der Waals surface area contributed by atoms with E-state index in [-0.39, 0.29) is 22.2 Å². The number of nitrogens with zero attached hydrogens (tertiary/aromatic N) is 2. The van der Waals surface area contributed by atoms with Gasteiger partial charge in [-0.2, -0.15) is 4.31 Å². The van der Waals surface area contributed by atoms with Crippen LogP contribution in [0.5, 0.6) is 5.75 Å². The van der Waals surface area contributed by atoms with E-state index in [1.54, 1.807) is 7.11 Å². The predicted molar refractivity (Wildman–Crippen MR) is 124 cm³/mol. The van der Waals surface area contributed by atoms with E-state index in [0.717, 1.165) is 15.6 Å². The Balaban J connectivity index is 1.66. The van der Waals surface area contributed by atoms with Crippen LogP contribution in [0.25, 0.3) is 0 Å². The van der Waals surface area contributed by atoms with Gasteiger partial charge in [-0.05, 0) is 54.8 Å². The Bertz CT molecular complexity index is 1180. The monoisotopic (exact) mass is 495 g/mol. The fourth-order valence-corrected chi connectivity index (χ4v) is 6.02. The molecule has 1 fully saturated rings. The Labute approximate surface area is 195 Å². The quantitative estimate of drug-likeness (QED) is 0.596. The summed E-state index contributed by atoms with van der Waals surface area (Å²) in [7, 11) is -3.10. The molecule has 0 saturated carbocycles. The number of rotatable bonds is 8. The van der Waals surface area contributed by atoms with Gasteiger partial charge in [0.15, 0.2) is 0 Å². The van der Waals surface area contributed by atoms with Gasteiger partial charge in [-0.25, -0.2) is 21.1 Å². The molecule has 1 atom stereocenters. The summed E-state index contributed by atoms with van der Waals surface area (Å²) in [4.78, 5) is 12.7. The molecule has 0 aliphatic carbocycles. The minimum atomic E-state index is -3.85. The maximum Gasteiger partial charge on any atom is 0.243 e. The first kappa shape index (κ1) is 25.2. The summed E-state index contributed by atoms with van der Waals surface area (Å²) in [5.41, 5.74) is 0.914. The molecule has 180 valence electrons. The number of sulfonamides is 2. The second-order valence-corrected chi connectivity index (χ2v) is 12.1. The summed E-state index contributed by atoms with van der Waals surface area (Å²) < 4.78 is 58.2. The number of methoxy groups -OCH3 is 1. The molecule has 9 nitrogen and oxygen atoms in total. The zero-order valence-electron chi connectivity index (χ0n) is 18.9. The van der Waals surface area contributed by atoms with Gasteiger partial charge < -0.3 is 10.1 Å². The zero-order chi connectivity index (χ0) is 24.2. The molecule has 1 saturated heterocycles. The first-order valence-corrected chi connectivity index (χ1v) is 13.4. The van der Waals surface area contributed by atoms with Crippen molar-refractivity contribution < 1.29 is 26.4 Å². The van der Waals surface area contributed by atoms with Gasteiger partial charge in [-0.15, -0.1) is 0 Å². The molecular weight excluding hydrogens is 466 g/mol. The van der Waals surface area contributed by atoms with Crippen molar-refractivity contribution >= 4 is 26.0 Å². The Morgan fingerprint density at radius 2 is 1.64 bits per heavy atom. The van der Waals surface area contributed by atoms with Crippen LogP contribution in [0.2, 0.25) is 0 Å². The van der Waals surface area contributed by atoms with Crippen LogP contribution in [-0.4, -0.2) is 65.6 Å². The van der Waals surface area contributed by atoms with Gasteiger partial charge in [-0.3, -0.25) is 4.79 Å². The highest BCUT2D eigenvalue weighted by Gasteiger charge is 2.33. The lowest BCUT2D eigenvalue weighted by molar-refractivity contribution is -0.126. The van der Waals surface area contributed by atoms with E-state index in [4.69, 9.17) is 4.74 Å². The van der Waals surface area contributed by atoms with Crippen LogP contribution in [-0.2, 0) is 31.4 Å². The number of benzene rings is 2. The van der Waals surface area contributed by atoms with Crippen molar-refractivity contribution in [3.8, 4) is 5.75 Å². The molecule has 11 heteroatoms. The third-order valence-corrected chi connectivity index (χ3v) is 9.33. The highest BCUT2D eigenvalue weighted by Crippen LogP contribution is 2.25. The number of amides is 1. The first-order valence-electron chi connectivity index (χ1n) is 10.5. The summed E-state index contributed by atoms with van der Waals surface area (Å²) >= 11 is 0. The van der Waals surface area contributed by atoms with Crippen molar-refractivity contribution in [1.29, 1.82) is 0 Å². The van der Waals surface area contributed by atoms with Crippen LogP contribution in [0.1, 0.15) is 18.4 Å². The third-order valence-electron chi connectivity index (χ3n) is 5.62. The van der Waals surface area contributed by atoms with Crippen molar-refractivity contribution in [3.63, 3.8) is 0 Å². The summed E-state index contributed by atoms with van der Waals surface area (Å²) in [6.07, 6.45) is 1.16. The summed E-state index contributed by atoms with van der Waals surface area (Å²) in [6, 6.07) is 12.5. The Morgan fingerprint density at radius 3 is 2.21 bits per heavy atom. The Hall–Kier alpha value is -2.47. The minimum Gasteiger partial charge on any atom is -0.497 e. The number of hydrogen-bond acceptors (Lipinski definition) is 6. The molecule has 0 bridgehead atoms. The van der Waals surface area contributed by atoms with Crippen LogP contribution >= 0.6 is 0 Å². The molecule has 33 heavy (non-hydrogen) atoms. The fourth-order valence-electron chi connectivity index (χ4n) is 3.60. The van der Waals surface area contributed by atoms with E-state index in [1.807, 2.05) is 24.3 Å². The van der Waals surface area contributed by atoms with Crippen LogP contribution in [0.4, 0.5) is 0 Å². The second kappa shape index (κ2) is 10.2. The number of carbonyl (C=O) groups excluding carboxylic acids is 1. The van der Waals surface area contributed by atoms with Crippen LogP contribution < -0.4 is 10.1 Å². The van der Waals surface area contributed by atoms with Crippen molar-refractivity contribution in [2.24, 2.45) is 5.92 Å². The average Bonchev–Trinajstić information content (AvgIpc) is 2.82. The van der Waals surface area contributed by atoms with Crippen molar-refractivity contribution in [2.45, 2.75) is 29.2 Å². The largest absolute Gasteiger partial charge is 0.497 e. The number of hydrogen-bond donors (Lipinski definition) is 1. The maximum atomic E-state index is 13.1. The van der Waals surface area contributed by atoms with E-state index < -0.39 is 26.0 Å². The molecular formula is C22H29N3O6S2. The molecule has 3 rings (SSSR count). The number of nitrogens with one attached hydrogen (secondary N) is 1. The minimum absolute atomic E-state index is 0.000466. The van der Waals surface area contributed by atoms with Crippen molar-refractivity contribution in [3.05, 3.63) is 54.1 Å². The third kappa shape index (κ3) is 5.72. The lowest BCUT2D eigenvalue weighted by Crippen LogP contribution is -2.45. The summed E-state index contributed by atoms with van der Waals surface area (Å²) in [6.45, 7) is 0.727. The lowest BCUT2D eigenvalue weighted by atomic mass is 9.99. The van der Waals surface area contributed by atoms with E-state index >= 15 is 0 Å². The predicted octanol–water partition coefficient (Wildman–Crippen LogP) is 1.66. The molecule has 0 aromatic heterocycles. The van der Waals surface area contributed by atoms with Gasteiger partial charge in [0.2, 0.25) is 26.0 Å². The molecule has 1 heterocycles. The number of carbonyl (C=O) groups is 1. The molecule has 0 radical (unpaired) electrons. The molecule has 2 aromatic rings. The summed E-state index contributed by atoms with van der Waals surface area (Å²) in [5, 5.41) is 2.88. The van der Waals surface area contributed by atoms with Gasteiger partial charge >= 0.3 is 0 Å². The molecule has 1 aliphatic rings. The second-order valence-electron chi connectivity index (χ2n) is 8.03. The SMILES string of the molecule is COc1ccc(CNC(=O)[C@@H]2CCCN(S(=O)(=O)c3ccc(S(=O)(=O)N(C)C)cc3)C2)cc1. The number of piperidine rings is 1. The topological polar surface area (TPSA) is 113 Å². The van der Waals surface area contributed by atoms with E-state index in [9.17, 15) is 21.6 Å². The maximum absolute atomic E-state index is 13.1. The van der Waals surface area contributed by atoms with Crippen LogP contribution in [0.15, 0.2) is 58.3 Å². The average molecular weight is 496 g/mol. The van der Waals surface area contributed by atoms with Crippen molar-refractivity contribution in [2.75, 3.05) is 34.3 Å². The van der Waals surface area contributed by atoms with Gasteiger partial charge in [0.25, 0.3) is 0 Å². The smallest absolute Gasteiger partial charge is 0.243 e. The Morgan fingerprint density at radius 1 is 1.03 bits per heavy atom. The van der Waals surface area contributed by atoms with Crippen LogP contribution in [0, 0.1) is 5.92 Å². The molecule has 1 amide bonds. The van der Waals surface area contributed by atoms with E-state index in [1.165, 1.54) is 42.7 Å². The fraction of sp³-hybridized carbons (Fsp3) is 0.409. The highest BCUT2D eigenvalue weighted by atomic mass is 32.2. The Kier molecular flexibility index (Phi) is 7.78. The van der Waals surface area contributed by atoms with Gasteiger partial charge in [0.1, 0.15) is 5.75 Å². The zero-order valence-corrected chi connectivity index (χ0v) is 20.5. The van der Waals surface area contributed by atoms with Gasteiger partial charge in [-0.1, -0.05) is 12.1 Å². The van der Waals surface area contributed by atoms with E-state index in [0.29, 0.717) is 25.9 Å². The molecule has 2 aromatic carbocycles. The molecule has 1 N–H and O–H groups in total. The molecule has 0 spiro atoms. The normalized spacial score (nSPS) is 17.6. The number of ether oxygens (including phenoxy) is 1. The summed E-state index contributed by atoms with van der Waals surface area (Å²) in [5.74, 6) is 0.0730. The molecule has 0 unspecified atom stereocenters. The highest BCUT2D eigenvalue weighted by molar-refractivity contribution is 7.89. The van der Waals surface area contributed by atoms with E-state index in [2.05, 4.69) is 5.32 Å². The first-order chi connectivity index (χ1) is 15.6.